The molecule has 0 saturated carbocycles. The van der Waals surface area contributed by atoms with Crippen LogP contribution in [0.25, 0.3) is 11.6 Å². The Balaban J connectivity index is 1.87. The van der Waals surface area contributed by atoms with Crippen LogP contribution in [0, 0.1) is 5.82 Å². The lowest BCUT2D eigenvalue weighted by atomic mass is 9.92. The summed E-state index contributed by atoms with van der Waals surface area (Å²) in [5.74, 6) is 1.49. The molecule has 0 spiro atoms. The molecule has 0 radical (unpaired) electrons. The van der Waals surface area contributed by atoms with E-state index in [-0.39, 0.29) is 11.2 Å². The average Bonchev–Trinajstić information content (AvgIpc) is 3.25. The number of thiol groups is 1. The summed E-state index contributed by atoms with van der Waals surface area (Å²) >= 11 is 0. The van der Waals surface area contributed by atoms with Gasteiger partial charge in [-0.05, 0) is 37.8 Å². The van der Waals surface area contributed by atoms with Crippen molar-refractivity contribution < 1.29 is 13.1 Å². The van der Waals surface area contributed by atoms with E-state index in [0.717, 1.165) is 11.3 Å². The van der Waals surface area contributed by atoms with E-state index in [1.807, 2.05) is 40.7 Å². The Morgan fingerprint density at radius 2 is 1.75 bits per heavy atom. The number of aromatic amines is 1. The van der Waals surface area contributed by atoms with Crippen LogP contribution >= 0.6 is 0 Å². The summed E-state index contributed by atoms with van der Waals surface area (Å²) in [4.78, 5) is 3.15. The summed E-state index contributed by atoms with van der Waals surface area (Å²) in [6.45, 7) is 9.90. The van der Waals surface area contributed by atoms with Gasteiger partial charge in [0.25, 0.3) is 0 Å². The minimum atomic E-state index is -2.76. The molecule has 3 aromatic rings. The molecule has 2 aromatic heterocycles. The molecular formula is C20H27FN4O2S. The van der Waals surface area contributed by atoms with Crippen molar-refractivity contribution in [2.45, 2.75) is 50.5 Å². The van der Waals surface area contributed by atoms with Gasteiger partial charge in [-0.25, -0.2) is 4.39 Å². The molecule has 0 aliphatic carbocycles. The van der Waals surface area contributed by atoms with Crippen molar-refractivity contribution >= 4 is 9.93 Å². The number of rotatable bonds is 5. The molecule has 1 aromatic carbocycles. The first kappa shape index (κ1) is 20.4. The number of hydrogen-bond donors (Lipinski definition) is 2. The number of hydrogen-bond acceptors (Lipinski definition) is 5. The normalized spacial score (nSPS) is 13.7. The third-order valence-electron chi connectivity index (χ3n) is 5.16. The SMILES string of the molecule is CC(C)(C)c1cc(-c2nnc(C(C)(C)[SH](C)(=O)Cc3ccc(F)cc3)[nH]2)on1. The molecule has 0 amide bonds. The van der Waals surface area contributed by atoms with E-state index in [1.165, 1.54) is 12.1 Å². The van der Waals surface area contributed by atoms with Crippen LogP contribution in [0.4, 0.5) is 4.39 Å². The third kappa shape index (κ3) is 3.92. The highest BCUT2D eigenvalue weighted by Crippen LogP contribution is 2.35. The summed E-state index contributed by atoms with van der Waals surface area (Å²) in [6, 6.07) is 7.92. The lowest BCUT2D eigenvalue weighted by Crippen LogP contribution is -2.37. The first-order chi connectivity index (χ1) is 12.9. The molecule has 0 atom stereocenters. The maximum absolute atomic E-state index is 13.6. The maximum Gasteiger partial charge on any atom is 0.204 e. The predicted octanol–water partition coefficient (Wildman–Crippen LogP) is 3.98. The number of halogens is 1. The lowest BCUT2D eigenvalue weighted by molar-refractivity contribution is 0.400. The van der Waals surface area contributed by atoms with Crippen molar-refractivity contribution in [2.24, 2.45) is 0 Å². The summed E-state index contributed by atoms with van der Waals surface area (Å²) in [7, 11) is -2.76. The highest BCUT2D eigenvalue weighted by molar-refractivity contribution is 8.02. The molecule has 2 heterocycles. The monoisotopic (exact) mass is 406 g/mol. The molecule has 0 aliphatic heterocycles. The summed E-state index contributed by atoms with van der Waals surface area (Å²) in [5.41, 5.74) is 1.50. The number of nitrogens with one attached hydrogen (secondary N) is 1. The van der Waals surface area contributed by atoms with Crippen LogP contribution in [0.2, 0.25) is 0 Å². The van der Waals surface area contributed by atoms with Gasteiger partial charge in [0.1, 0.15) is 11.6 Å². The smallest absolute Gasteiger partial charge is 0.204 e. The second-order valence-electron chi connectivity index (χ2n) is 8.79. The van der Waals surface area contributed by atoms with E-state index in [4.69, 9.17) is 4.52 Å². The highest BCUT2D eigenvalue weighted by atomic mass is 32.2. The Bertz CT molecular complexity index is 1020. The van der Waals surface area contributed by atoms with Crippen LogP contribution < -0.4 is 0 Å². The van der Waals surface area contributed by atoms with Gasteiger partial charge in [0.2, 0.25) is 5.76 Å². The second-order valence-corrected chi connectivity index (χ2v) is 12.4. The van der Waals surface area contributed by atoms with Crippen molar-refractivity contribution in [3.05, 3.63) is 53.2 Å². The van der Waals surface area contributed by atoms with Crippen molar-refractivity contribution in [1.82, 2.24) is 20.3 Å². The van der Waals surface area contributed by atoms with E-state index >= 15 is 0 Å². The average molecular weight is 407 g/mol. The molecule has 28 heavy (non-hydrogen) atoms. The van der Waals surface area contributed by atoms with E-state index in [9.17, 15) is 8.60 Å². The van der Waals surface area contributed by atoms with Crippen molar-refractivity contribution in [3.63, 3.8) is 0 Å². The molecule has 0 saturated heterocycles. The number of nitrogens with zero attached hydrogens (tertiary/aromatic N) is 3. The van der Waals surface area contributed by atoms with Gasteiger partial charge in [-0.2, -0.15) is 0 Å². The van der Waals surface area contributed by atoms with Gasteiger partial charge in [0, 0.05) is 17.2 Å². The molecule has 6 nitrogen and oxygen atoms in total. The van der Waals surface area contributed by atoms with Gasteiger partial charge in [0.15, 0.2) is 5.82 Å². The standard InChI is InChI=1S/C20H27FN4O2S/c1-19(2,3)16-11-15(27-25-16)17-22-18(24-23-17)20(4,5)28(6,26)12-13-7-9-14(21)10-8-13/h7-11,28H,12H2,1-6H3,(H,22,23,24). The zero-order valence-electron chi connectivity index (χ0n) is 17.1. The van der Waals surface area contributed by atoms with E-state index in [2.05, 4.69) is 20.3 Å². The van der Waals surface area contributed by atoms with Crippen LogP contribution in [0.3, 0.4) is 0 Å². The van der Waals surface area contributed by atoms with Crippen LogP contribution in [-0.2, 0) is 25.8 Å². The van der Waals surface area contributed by atoms with Gasteiger partial charge < -0.3 is 9.51 Å². The minimum absolute atomic E-state index is 0.141. The largest absolute Gasteiger partial charge is 0.353 e. The van der Waals surface area contributed by atoms with E-state index in [0.29, 0.717) is 23.2 Å². The molecular weight excluding hydrogens is 379 g/mol. The Labute approximate surface area is 165 Å². The zero-order chi connectivity index (χ0) is 20.7. The van der Waals surface area contributed by atoms with Crippen LogP contribution in [0.1, 0.15) is 51.7 Å². The van der Waals surface area contributed by atoms with Crippen molar-refractivity contribution in [1.29, 1.82) is 0 Å². The zero-order valence-corrected chi connectivity index (χ0v) is 18.0. The number of aromatic nitrogens is 4. The number of benzene rings is 1. The Hall–Kier alpha value is -2.35. The highest BCUT2D eigenvalue weighted by Gasteiger charge is 2.37. The van der Waals surface area contributed by atoms with Crippen LogP contribution in [-0.4, -0.2) is 30.8 Å². The van der Waals surface area contributed by atoms with Crippen molar-refractivity contribution in [3.8, 4) is 11.6 Å². The van der Waals surface area contributed by atoms with Crippen LogP contribution in [0.5, 0.6) is 0 Å². The molecule has 3 rings (SSSR count). The topological polar surface area (TPSA) is 84.7 Å². The molecule has 152 valence electrons. The van der Waals surface area contributed by atoms with Gasteiger partial charge in [-0.1, -0.05) is 48.0 Å². The van der Waals surface area contributed by atoms with Gasteiger partial charge >= 0.3 is 0 Å². The van der Waals surface area contributed by atoms with Gasteiger partial charge in [-0.3, -0.25) is 4.21 Å². The van der Waals surface area contributed by atoms with E-state index in [1.54, 1.807) is 18.4 Å². The van der Waals surface area contributed by atoms with Gasteiger partial charge in [-0.15, -0.1) is 10.2 Å². The molecule has 0 bridgehead atoms. The van der Waals surface area contributed by atoms with Gasteiger partial charge in [0.05, 0.1) is 10.4 Å². The first-order valence-electron chi connectivity index (χ1n) is 9.12. The van der Waals surface area contributed by atoms with E-state index < -0.39 is 14.7 Å². The summed E-state index contributed by atoms with van der Waals surface area (Å²) in [6.07, 6.45) is 1.74. The Kier molecular flexibility index (Phi) is 5.04. The Morgan fingerprint density at radius 1 is 1.11 bits per heavy atom. The summed E-state index contributed by atoms with van der Waals surface area (Å²) in [5, 5.41) is 12.5. The quantitative estimate of drug-likeness (QED) is 0.626. The molecule has 0 unspecified atom stereocenters. The minimum Gasteiger partial charge on any atom is -0.353 e. The fraction of sp³-hybridized carbons (Fsp3) is 0.450. The third-order valence-corrected chi connectivity index (χ3v) is 8.70. The first-order valence-corrected chi connectivity index (χ1v) is 11.5. The molecule has 8 heteroatoms. The molecule has 0 aliphatic rings. The second kappa shape index (κ2) is 6.92. The fourth-order valence-electron chi connectivity index (χ4n) is 2.75. The molecule has 1 N–H and O–H groups in total. The van der Waals surface area contributed by atoms with Crippen molar-refractivity contribution in [2.75, 3.05) is 6.26 Å². The lowest BCUT2D eigenvalue weighted by Gasteiger charge is -2.34. The summed E-state index contributed by atoms with van der Waals surface area (Å²) < 4.78 is 31.4. The molecule has 0 fully saturated rings. The Morgan fingerprint density at radius 3 is 2.32 bits per heavy atom. The fourth-order valence-corrected chi connectivity index (χ4v) is 4.60. The predicted molar refractivity (Wildman–Crippen MR) is 109 cm³/mol. The maximum atomic E-state index is 13.6. The van der Waals surface area contributed by atoms with Crippen LogP contribution in [0.15, 0.2) is 34.9 Å². The number of H-pyrrole nitrogens is 1.